The molecule has 6 heteroatoms. The van der Waals surface area contributed by atoms with Crippen LogP contribution < -0.4 is 5.32 Å². The molecule has 27 heavy (non-hydrogen) atoms. The van der Waals surface area contributed by atoms with Gasteiger partial charge < -0.3 is 9.15 Å². The number of rotatable bonds is 6. The Hall–Kier alpha value is -3.41. The molecule has 0 radical (unpaired) electrons. The molecule has 0 aliphatic heterocycles. The van der Waals surface area contributed by atoms with Crippen LogP contribution >= 0.6 is 0 Å². The molecule has 0 unspecified atom stereocenters. The predicted molar refractivity (Wildman–Crippen MR) is 99.2 cm³/mol. The Kier molecular flexibility index (Phi) is 5.66. The minimum atomic E-state index is -0.679. The van der Waals surface area contributed by atoms with Crippen LogP contribution in [-0.4, -0.2) is 24.4 Å². The highest BCUT2D eigenvalue weighted by Crippen LogP contribution is 2.23. The second kappa shape index (κ2) is 8.31. The Labute approximate surface area is 156 Å². The van der Waals surface area contributed by atoms with Crippen LogP contribution in [0.15, 0.2) is 59.2 Å². The number of esters is 1. The van der Waals surface area contributed by atoms with Gasteiger partial charge in [-0.25, -0.2) is 0 Å². The van der Waals surface area contributed by atoms with Gasteiger partial charge in [-0.05, 0) is 30.2 Å². The normalized spacial score (nSPS) is 10.6. The maximum atomic E-state index is 12.0. The predicted octanol–water partition coefficient (Wildman–Crippen LogP) is 3.04. The molecule has 1 heterocycles. The van der Waals surface area contributed by atoms with Crippen molar-refractivity contribution < 1.29 is 23.5 Å². The summed E-state index contributed by atoms with van der Waals surface area (Å²) in [6.45, 7) is 1.53. The number of carbonyl (C=O) groups excluding carboxylic acids is 3. The molecule has 0 fully saturated rings. The molecule has 6 nitrogen and oxygen atoms in total. The van der Waals surface area contributed by atoms with Crippen LogP contribution in [0.3, 0.4) is 0 Å². The minimum Gasteiger partial charge on any atom is -0.464 e. The first-order chi connectivity index (χ1) is 13.1. The highest BCUT2D eigenvalue weighted by Gasteiger charge is 2.15. The third-order valence-electron chi connectivity index (χ3n) is 4.12. The molecule has 0 aliphatic rings. The summed E-state index contributed by atoms with van der Waals surface area (Å²) in [4.78, 5) is 35.7. The van der Waals surface area contributed by atoms with E-state index in [9.17, 15) is 14.4 Å². The van der Waals surface area contributed by atoms with E-state index in [-0.39, 0.29) is 6.42 Å². The maximum absolute atomic E-state index is 12.0. The highest BCUT2D eigenvalue weighted by atomic mass is 16.5. The first-order valence-corrected chi connectivity index (χ1v) is 8.60. The van der Waals surface area contributed by atoms with Crippen LogP contribution in [-0.2, 0) is 27.2 Å². The van der Waals surface area contributed by atoms with E-state index in [0.29, 0.717) is 16.7 Å². The first kappa shape index (κ1) is 18.4. The summed E-state index contributed by atoms with van der Waals surface area (Å²) < 4.78 is 10.5. The second-order valence-corrected chi connectivity index (χ2v) is 6.03. The van der Waals surface area contributed by atoms with Gasteiger partial charge in [-0.3, -0.25) is 19.7 Å². The van der Waals surface area contributed by atoms with E-state index >= 15 is 0 Å². The van der Waals surface area contributed by atoms with Crippen molar-refractivity contribution in [1.29, 1.82) is 0 Å². The first-order valence-electron chi connectivity index (χ1n) is 8.60. The van der Waals surface area contributed by atoms with Gasteiger partial charge in [0.05, 0.1) is 12.7 Å². The quantitative estimate of drug-likeness (QED) is 0.679. The zero-order chi connectivity index (χ0) is 19.2. The van der Waals surface area contributed by atoms with Crippen LogP contribution in [0.1, 0.15) is 28.4 Å². The number of fused-ring (bicyclic) bond motifs is 1. The van der Waals surface area contributed by atoms with Crippen molar-refractivity contribution in [2.45, 2.75) is 19.8 Å². The molecule has 1 N–H and O–H groups in total. The van der Waals surface area contributed by atoms with Gasteiger partial charge >= 0.3 is 5.97 Å². The molecule has 0 bridgehead atoms. The summed E-state index contributed by atoms with van der Waals surface area (Å²) >= 11 is 0. The van der Waals surface area contributed by atoms with Crippen molar-refractivity contribution >= 4 is 28.8 Å². The van der Waals surface area contributed by atoms with Gasteiger partial charge in [0.15, 0.2) is 6.61 Å². The number of imide groups is 1. The standard InChI is InChI=1S/C21H19NO5/c1-2-14-8-9-17-16(12-26-18(17)10-14)11-20(24)27-13-19(23)22-21(25)15-6-4-3-5-7-15/h3-10,12H,2,11,13H2,1H3,(H,22,23,25). The Morgan fingerprint density at radius 3 is 2.59 bits per heavy atom. The number of amides is 2. The summed E-state index contributed by atoms with van der Waals surface area (Å²) in [5.41, 5.74) is 2.90. The van der Waals surface area contributed by atoms with Gasteiger partial charge in [0.1, 0.15) is 5.58 Å². The molecule has 138 valence electrons. The minimum absolute atomic E-state index is 0.0155. The molecular formula is C21H19NO5. The molecule has 0 atom stereocenters. The summed E-state index contributed by atoms with van der Waals surface area (Å²) in [5.74, 6) is -1.79. The summed E-state index contributed by atoms with van der Waals surface area (Å²) in [7, 11) is 0. The van der Waals surface area contributed by atoms with E-state index in [0.717, 1.165) is 17.4 Å². The molecular weight excluding hydrogens is 346 g/mol. The Morgan fingerprint density at radius 2 is 1.85 bits per heavy atom. The molecule has 3 aromatic rings. The van der Waals surface area contributed by atoms with Crippen LogP contribution in [0.2, 0.25) is 0 Å². The van der Waals surface area contributed by atoms with Crippen molar-refractivity contribution in [1.82, 2.24) is 5.32 Å². The monoisotopic (exact) mass is 365 g/mol. The average molecular weight is 365 g/mol. The molecule has 3 rings (SSSR count). The highest BCUT2D eigenvalue weighted by molar-refractivity contribution is 6.05. The number of nitrogens with one attached hydrogen (secondary N) is 1. The topological polar surface area (TPSA) is 85.6 Å². The fourth-order valence-electron chi connectivity index (χ4n) is 2.66. The Balaban J connectivity index is 1.52. The van der Waals surface area contributed by atoms with E-state index in [1.165, 1.54) is 6.26 Å². The van der Waals surface area contributed by atoms with Crippen LogP contribution in [0.4, 0.5) is 0 Å². The molecule has 1 aromatic heterocycles. The molecule has 0 saturated heterocycles. The molecule has 2 aromatic carbocycles. The van der Waals surface area contributed by atoms with Crippen molar-refractivity contribution in [2.24, 2.45) is 0 Å². The van der Waals surface area contributed by atoms with Crippen molar-refractivity contribution in [2.75, 3.05) is 6.61 Å². The third-order valence-corrected chi connectivity index (χ3v) is 4.12. The van der Waals surface area contributed by atoms with Crippen LogP contribution in [0, 0.1) is 0 Å². The van der Waals surface area contributed by atoms with E-state index in [4.69, 9.17) is 9.15 Å². The third kappa shape index (κ3) is 4.61. The zero-order valence-corrected chi connectivity index (χ0v) is 14.9. The number of hydrogen-bond acceptors (Lipinski definition) is 5. The van der Waals surface area contributed by atoms with Gasteiger partial charge in [0.25, 0.3) is 11.8 Å². The van der Waals surface area contributed by atoms with Gasteiger partial charge in [-0.15, -0.1) is 0 Å². The summed E-state index contributed by atoms with van der Waals surface area (Å²) in [6.07, 6.45) is 2.40. The van der Waals surface area contributed by atoms with E-state index < -0.39 is 24.4 Å². The fraction of sp³-hybridized carbons (Fsp3) is 0.190. The fourth-order valence-corrected chi connectivity index (χ4v) is 2.66. The number of benzene rings is 2. The van der Waals surface area contributed by atoms with Crippen LogP contribution in [0.25, 0.3) is 11.0 Å². The van der Waals surface area contributed by atoms with Crippen molar-refractivity contribution in [3.8, 4) is 0 Å². The SMILES string of the molecule is CCc1ccc2c(CC(=O)OCC(=O)NC(=O)c3ccccc3)coc2c1. The molecule has 2 amide bonds. The van der Waals surface area contributed by atoms with E-state index in [1.807, 2.05) is 18.2 Å². The van der Waals surface area contributed by atoms with Gasteiger partial charge in [0, 0.05) is 16.5 Å². The average Bonchev–Trinajstić information content (AvgIpc) is 3.09. The van der Waals surface area contributed by atoms with Gasteiger partial charge in [0.2, 0.25) is 0 Å². The summed E-state index contributed by atoms with van der Waals surface area (Å²) in [6, 6.07) is 14.2. The Morgan fingerprint density at radius 1 is 1.07 bits per heavy atom. The largest absolute Gasteiger partial charge is 0.464 e. The number of ether oxygens (including phenoxy) is 1. The number of furan rings is 1. The zero-order valence-electron chi connectivity index (χ0n) is 14.9. The lowest BCUT2D eigenvalue weighted by Crippen LogP contribution is -2.34. The van der Waals surface area contributed by atoms with Gasteiger partial charge in [-0.2, -0.15) is 0 Å². The molecule has 0 aliphatic carbocycles. The maximum Gasteiger partial charge on any atom is 0.310 e. The lowest BCUT2D eigenvalue weighted by atomic mass is 10.1. The van der Waals surface area contributed by atoms with Gasteiger partial charge in [-0.1, -0.05) is 37.3 Å². The Bertz CT molecular complexity index is 975. The molecule has 0 spiro atoms. The number of aryl methyl sites for hydroxylation is 1. The molecule has 0 saturated carbocycles. The van der Waals surface area contributed by atoms with E-state index in [2.05, 4.69) is 12.2 Å². The van der Waals surface area contributed by atoms with Crippen molar-refractivity contribution in [3.05, 3.63) is 71.5 Å². The lowest BCUT2D eigenvalue weighted by molar-refractivity contribution is -0.147. The summed E-state index contributed by atoms with van der Waals surface area (Å²) in [5, 5.41) is 3.02. The number of hydrogen-bond donors (Lipinski definition) is 1. The smallest absolute Gasteiger partial charge is 0.310 e. The lowest BCUT2D eigenvalue weighted by Gasteiger charge is -2.05. The second-order valence-electron chi connectivity index (χ2n) is 6.03. The van der Waals surface area contributed by atoms with E-state index in [1.54, 1.807) is 30.3 Å². The van der Waals surface area contributed by atoms with Crippen LogP contribution in [0.5, 0.6) is 0 Å². The number of carbonyl (C=O) groups is 3. The van der Waals surface area contributed by atoms with Crippen molar-refractivity contribution in [3.63, 3.8) is 0 Å².